The lowest BCUT2D eigenvalue weighted by Crippen LogP contribution is -2.53. The zero-order chi connectivity index (χ0) is 11.8. The van der Waals surface area contributed by atoms with Gasteiger partial charge in [-0.2, -0.15) is 0 Å². The molecule has 2 aliphatic rings. The fraction of sp³-hybridized carbons (Fsp3) is 0.385. The Hall–Kier alpha value is -1.84. The molecule has 17 heavy (non-hydrogen) atoms. The number of carbonyl (C=O) groups is 2. The van der Waals surface area contributed by atoms with Crippen LogP contribution in [-0.4, -0.2) is 29.4 Å². The molecule has 4 heteroatoms. The number of hydrogen-bond donors (Lipinski definition) is 1. The van der Waals surface area contributed by atoms with Crippen molar-refractivity contribution in [3.05, 3.63) is 35.4 Å². The first-order chi connectivity index (χ1) is 8.24. The largest absolute Gasteiger partial charge is 0.324 e. The minimum Gasteiger partial charge on any atom is -0.320 e. The molecule has 1 aromatic carbocycles. The van der Waals surface area contributed by atoms with Gasteiger partial charge < -0.3 is 4.90 Å². The van der Waals surface area contributed by atoms with Crippen LogP contribution in [0.1, 0.15) is 17.5 Å². The summed E-state index contributed by atoms with van der Waals surface area (Å²) in [5, 5.41) is 2.38. The van der Waals surface area contributed by atoms with Crippen LogP contribution in [0.2, 0.25) is 0 Å². The molecule has 1 aliphatic carbocycles. The highest BCUT2D eigenvalue weighted by atomic mass is 16.2. The monoisotopic (exact) mass is 230 g/mol. The average molecular weight is 230 g/mol. The molecule has 0 radical (unpaired) electrons. The Morgan fingerprint density at radius 1 is 1.12 bits per heavy atom. The first kappa shape index (κ1) is 10.3. The number of fused-ring (bicyclic) bond motifs is 1. The van der Waals surface area contributed by atoms with Crippen LogP contribution >= 0.6 is 0 Å². The van der Waals surface area contributed by atoms with Crippen molar-refractivity contribution in [3.8, 4) is 0 Å². The SMILES string of the molecule is O=C1CCN(C2Cc3ccccc3C2)C(=O)N1. The van der Waals surface area contributed by atoms with Crippen LogP contribution in [0.3, 0.4) is 0 Å². The molecule has 1 fully saturated rings. The van der Waals surface area contributed by atoms with E-state index in [2.05, 4.69) is 17.4 Å². The van der Waals surface area contributed by atoms with E-state index in [1.165, 1.54) is 11.1 Å². The van der Waals surface area contributed by atoms with Crippen LogP contribution in [0.4, 0.5) is 4.79 Å². The summed E-state index contributed by atoms with van der Waals surface area (Å²) >= 11 is 0. The van der Waals surface area contributed by atoms with E-state index < -0.39 is 0 Å². The lowest BCUT2D eigenvalue weighted by atomic mass is 10.1. The van der Waals surface area contributed by atoms with Gasteiger partial charge in [-0.1, -0.05) is 24.3 Å². The zero-order valence-corrected chi connectivity index (χ0v) is 9.48. The van der Waals surface area contributed by atoms with Crippen LogP contribution in [-0.2, 0) is 17.6 Å². The third-order valence-electron chi connectivity index (χ3n) is 3.56. The number of benzene rings is 1. The summed E-state index contributed by atoms with van der Waals surface area (Å²) in [6.45, 7) is 0.545. The van der Waals surface area contributed by atoms with Crippen molar-refractivity contribution >= 4 is 11.9 Å². The molecule has 0 spiro atoms. The van der Waals surface area contributed by atoms with Gasteiger partial charge in [0.15, 0.2) is 0 Å². The molecule has 3 rings (SSSR count). The molecule has 0 unspecified atom stereocenters. The predicted octanol–water partition coefficient (Wildman–Crippen LogP) is 1.10. The van der Waals surface area contributed by atoms with Crippen molar-refractivity contribution in [2.75, 3.05) is 6.54 Å². The molecule has 1 N–H and O–H groups in total. The van der Waals surface area contributed by atoms with E-state index in [-0.39, 0.29) is 18.0 Å². The van der Waals surface area contributed by atoms with Crippen molar-refractivity contribution < 1.29 is 9.59 Å². The number of hydrogen-bond acceptors (Lipinski definition) is 2. The van der Waals surface area contributed by atoms with Crippen molar-refractivity contribution in [2.24, 2.45) is 0 Å². The molecule has 0 aromatic heterocycles. The normalized spacial score (nSPS) is 20.4. The minimum atomic E-state index is -0.237. The Bertz CT molecular complexity index is 459. The van der Waals surface area contributed by atoms with Crippen molar-refractivity contribution in [2.45, 2.75) is 25.3 Å². The molecule has 1 heterocycles. The molecule has 0 atom stereocenters. The number of carbonyl (C=O) groups excluding carboxylic acids is 2. The lowest BCUT2D eigenvalue weighted by molar-refractivity contribution is -0.121. The minimum absolute atomic E-state index is 0.165. The first-order valence-corrected chi connectivity index (χ1v) is 5.91. The molecule has 1 aliphatic heterocycles. The number of nitrogens with one attached hydrogen (secondary N) is 1. The molecule has 3 amide bonds. The highest BCUT2D eigenvalue weighted by Gasteiger charge is 2.32. The second-order valence-corrected chi connectivity index (χ2v) is 4.63. The Morgan fingerprint density at radius 2 is 1.76 bits per heavy atom. The summed E-state index contributed by atoms with van der Waals surface area (Å²) < 4.78 is 0. The second kappa shape index (κ2) is 3.87. The standard InChI is InChI=1S/C13H14N2O2/c16-12-5-6-15(13(17)14-12)11-7-9-3-1-2-4-10(9)8-11/h1-4,11H,5-8H2,(H,14,16,17). The summed E-state index contributed by atoms with van der Waals surface area (Å²) in [5.74, 6) is -0.165. The fourth-order valence-electron chi connectivity index (χ4n) is 2.68. The van der Waals surface area contributed by atoms with Gasteiger partial charge in [-0.25, -0.2) is 4.79 Å². The van der Waals surface area contributed by atoms with Crippen LogP contribution in [0.15, 0.2) is 24.3 Å². The van der Waals surface area contributed by atoms with Crippen LogP contribution < -0.4 is 5.32 Å². The molecule has 0 bridgehead atoms. The van der Waals surface area contributed by atoms with Gasteiger partial charge in [0.05, 0.1) is 0 Å². The first-order valence-electron chi connectivity index (χ1n) is 5.91. The van der Waals surface area contributed by atoms with Gasteiger partial charge in [-0.15, -0.1) is 0 Å². The predicted molar refractivity (Wildman–Crippen MR) is 62.5 cm³/mol. The summed E-state index contributed by atoms with van der Waals surface area (Å²) in [4.78, 5) is 24.6. The summed E-state index contributed by atoms with van der Waals surface area (Å²) in [6, 6.07) is 8.26. The topological polar surface area (TPSA) is 49.4 Å². The van der Waals surface area contributed by atoms with E-state index >= 15 is 0 Å². The Kier molecular flexibility index (Phi) is 2.35. The van der Waals surface area contributed by atoms with Gasteiger partial charge in [-0.05, 0) is 24.0 Å². The molecule has 88 valence electrons. The van der Waals surface area contributed by atoms with Gasteiger partial charge in [0, 0.05) is 19.0 Å². The molecule has 0 saturated carbocycles. The smallest absolute Gasteiger partial charge is 0.320 e. The molecular weight excluding hydrogens is 216 g/mol. The third-order valence-corrected chi connectivity index (χ3v) is 3.56. The van der Waals surface area contributed by atoms with Gasteiger partial charge in [0.2, 0.25) is 5.91 Å². The van der Waals surface area contributed by atoms with Crippen molar-refractivity contribution in [1.29, 1.82) is 0 Å². The summed E-state index contributed by atoms with van der Waals surface area (Å²) in [7, 11) is 0. The van der Waals surface area contributed by atoms with E-state index in [1.807, 2.05) is 12.1 Å². The van der Waals surface area contributed by atoms with Gasteiger partial charge >= 0.3 is 6.03 Å². The van der Waals surface area contributed by atoms with Crippen molar-refractivity contribution in [1.82, 2.24) is 10.2 Å². The fourth-order valence-corrected chi connectivity index (χ4v) is 2.68. The van der Waals surface area contributed by atoms with E-state index in [0.29, 0.717) is 13.0 Å². The molecule has 1 aromatic rings. The number of nitrogens with zero attached hydrogens (tertiary/aromatic N) is 1. The van der Waals surface area contributed by atoms with E-state index in [1.54, 1.807) is 4.90 Å². The highest BCUT2D eigenvalue weighted by Crippen LogP contribution is 2.26. The van der Waals surface area contributed by atoms with Crippen LogP contribution in [0.25, 0.3) is 0 Å². The Morgan fingerprint density at radius 3 is 2.35 bits per heavy atom. The van der Waals surface area contributed by atoms with Crippen LogP contribution in [0.5, 0.6) is 0 Å². The number of urea groups is 1. The van der Waals surface area contributed by atoms with E-state index in [9.17, 15) is 9.59 Å². The van der Waals surface area contributed by atoms with Crippen molar-refractivity contribution in [3.63, 3.8) is 0 Å². The maximum atomic E-state index is 11.7. The maximum Gasteiger partial charge on any atom is 0.324 e. The van der Waals surface area contributed by atoms with Gasteiger partial charge in [0.1, 0.15) is 0 Å². The Balaban J connectivity index is 1.76. The average Bonchev–Trinajstić information content (AvgIpc) is 2.72. The highest BCUT2D eigenvalue weighted by molar-refractivity contribution is 5.96. The van der Waals surface area contributed by atoms with E-state index in [4.69, 9.17) is 0 Å². The van der Waals surface area contributed by atoms with E-state index in [0.717, 1.165) is 12.8 Å². The maximum absolute atomic E-state index is 11.7. The third kappa shape index (κ3) is 1.79. The van der Waals surface area contributed by atoms with Crippen LogP contribution in [0, 0.1) is 0 Å². The Labute approximate surface area is 99.6 Å². The number of amides is 3. The second-order valence-electron chi connectivity index (χ2n) is 4.63. The summed E-state index contributed by atoms with van der Waals surface area (Å²) in [5.41, 5.74) is 2.64. The molecule has 4 nitrogen and oxygen atoms in total. The zero-order valence-electron chi connectivity index (χ0n) is 9.48. The number of rotatable bonds is 1. The number of imide groups is 1. The molecular formula is C13H14N2O2. The van der Waals surface area contributed by atoms with Gasteiger partial charge in [-0.3, -0.25) is 10.1 Å². The van der Waals surface area contributed by atoms with Gasteiger partial charge in [0.25, 0.3) is 0 Å². The summed E-state index contributed by atoms with van der Waals surface area (Å²) in [6.07, 6.45) is 2.22. The molecule has 1 saturated heterocycles. The quantitative estimate of drug-likeness (QED) is 0.785. The lowest BCUT2D eigenvalue weighted by Gasteiger charge is -2.31.